The second-order valence-corrected chi connectivity index (χ2v) is 4.97. The lowest BCUT2D eigenvalue weighted by Crippen LogP contribution is -2.61. The standard InChI is InChI=1S/C13H20N4/c1-11-3-2-4-13(15-11)17-7-5-16(6-8-17)12-9-14-10-12/h2-4,12,14H,5-10H2,1H3. The van der Waals surface area contributed by atoms with Crippen LogP contribution < -0.4 is 10.2 Å². The predicted octanol–water partition coefficient (Wildman–Crippen LogP) is 0.484. The lowest BCUT2D eigenvalue weighted by atomic mass is 10.1. The van der Waals surface area contributed by atoms with Gasteiger partial charge in [0.15, 0.2) is 0 Å². The van der Waals surface area contributed by atoms with Gasteiger partial charge in [0.05, 0.1) is 0 Å². The summed E-state index contributed by atoms with van der Waals surface area (Å²) in [6.07, 6.45) is 0. The van der Waals surface area contributed by atoms with Crippen LogP contribution in [-0.4, -0.2) is 55.2 Å². The summed E-state index contributed by atoms with van der Waals surface area (Å²) < 4.78 is 0. The van der Waals surface area contributed by atoms with E-state index in [0.29, 0.717) is 0 Å². The zero-order valence-corrected chi connectivity index (χ0v) is 10.4. The van der Waals surface area contributed by atoms with Crippen LogP contribution in [0.2, 0.25) is 0 Å². The van der Waals surface area contributed by atoms with Crippen molar-refractivity contribution in [3.05, 3.63) is 23.9 Å². The molecule has 17 heavy (non-hydrogen) atoms. The molecule has 0 saturated carbocycles. The van der Waals surface area contributed by atoms with Gasteiger partial charge in [-0.1, -0.05) is 6.07 Å². The Bertz CT molecular complexity index is 381. The molecule has 1 N–H and O–H groups in total. The Labute approximate surface area is 103 Å². The number of hydrogen-bond donors (Lipinski definition) is 1. The van der Waals surface area contributed by atoms with Crippen molar-refractivity contribution in [1.29, 1.82) is 0 Å². The second-order valence-electron chi connectivity index (χ2n) is 4.97. The van der Waals surface area contributed by atoms with Crippen LogP contribution in [0.1, 0.15) is 5.69 Å². The molecule has 3 heterocycles. The molecular formula is C13H20N4. The molecule has 4 heteroatoms. The molecule has 3 rings (SSSR count). The second kappa shape index (κ2) is 4.63. The van der Waals surface area contributed by atoms with E-state index in [0.717, 1.165) is 30.6 Å². The van der Waals surface area contributed by atoms with Gasteiger partial charge in [0, 0.05) is 51.0 Å². The van der Waals surface area contributed by atoms with Crippen molar-refractivity contribution in [1.82, 2.24) is 15.2 Å². The SMILES string of the molecule is Cc1cccc(N2CCN(C3CNC3)CC2)n1. The first-order chi connectivity index (χ1) is 8.33. The monoisotopic (exact) mass is 232 g/mol. The molecule has 1 aromatic heterocycles. The highest BCUT2D eigenvalue weighted by molar-refractivity contribution is 5.39. The summed E-state index contributed by atoms with van der Waals surface area (Å²) >= 11 is 0. The predicted molar refractivity (Wildman–Crippen MR) is 69.4 cm³/mol. The average molecular weight is 232 g/mol. The maximum Gasteiger partial charge on any atom is 0.128 e. The molecule has 0 bridgehead atoms. The third kappa shape index (κ3) is 2.28. The van der Waals surface area contributed by atoms with Gasteiger partial charge in [-0.3, -0.25) is 4.90 Å². The van der Waals surface area contributed by atoms with Crippen LogP contribution >= 0.6 is 0 Å². The lowest BCUT2D eigenvalue weighted by Gasteiger charge is -2.43. The summed E-state index contributed by atoms with van der Waals surface area (Å²) in [6.45, 7) is 8.94. The summed E-state index contributed by atoms with van der Waals surface area (Å²) in [6, 6.07) is 7.05. The minimum Gasteiger partial charge on any atom is -0.354 e. The summed E-state index contributed by atoms with van der Waals surface area (Å²) in [4.78, 5) is 9.59. The van der Waals surface area contributed by atoms with E-state index >= 15 is 0 Å². The van der Waals surface area contributed by atoms with Gasteiger partial charge in [-0.15, -0.1) is 0 Å². The van der Waals surface area contributed by atoms with Crippen LogP contribution in [0.5, 0.6) is 0 Å². The van der Waals surface area contributed by atoms with E-state index in [1.54, 1.807) is 0 Å². The number of rotatable bonds is 2. The maximum atomic E-state index is 4.60. The Morgan fingerprint density at radius 1 is 1.18 bits per heavy atom. The number of anilines is 1. The molecule has 0 atom stereocenters. The Morgan fingerprint density at radius 3 is 2.53 bits per heavy atom. The Hall–Kier alpha value is -1.13. The van der Waals surface area contributed by atoms with E-state index in [4.69, 9.17) is 0 Å². The summed E-state index contributed by atoms with van der Waals surface area (Å²) in [5.41, 5.74) is 1.10. The molecule has 0 unspecified atom stereocenters. The number of nitrogens with one attached hydrogen (secondary N) is 1. The first-order valence-electron chi connectivity index (χ1n) is 6.46. The van der Waals surface area contributed by atoms with E-state index < -0.39 is 0 Å². The van der Waals surface area contributed by atoms with E-state index in [1.165, 1.54) is 26.2 Å². The maximum absolute atomic E-state index is 4.60. The highest BCUT2D eigenvalue weighted by Crippen LogP contribution is 2.16. The highest BCUT2D eigenvalue weighted by Gasteiger charge is 2.27. The lowest BCUT2D eigenvalue weighted by molar-refractivity contribution is 0.137. The zero-order valence-electron chi connectivity index (χ0n) is 10.4. The third-order valence-electron chi connectivity index (χ3n) is 3.79. The van der Waals surface area contributed by atoms with Crippen LogP contribution in [-0.2, 0) is 0 Å². The van der Waals surface area contributed by atoms with Crippen molar-refractivity contribution in [3.63, 3.8) is 0 Å². The van der Waals surface area contributed by atoms with E-state index in [2.05, 4.69) is 45.2 Å². The summed E-state index contributed by atoms with van der Waals surface area (Å²) in [5.74, 6) is 1.14. The first kappa shape index (κ1) is 11.0. The number of pyridine rings is 1. The molecule has 4 nitrogen and oxygen atoms in total. The molecule has 0 amide bonds. The van der Waals surface area contributed by atoms with Crippen LogP contribution in [0.3, 0.4) is 0 Å². The van der Waals surface area contributed by atoms with Crippen LogP contribution in [0.25, 0.3) is 0 Å². The van der Waals surface area contributed by atoms with Gasteiger partial charge in [-0.2, -0.15) is 0 Å². The largest absolute Gasteiger partial charge is 0.354 e. The minimum atomic E-state index is 0.780. The Balaban J connectivity index is 1.60. The normalized spacial score (nSPS) is 22.5. The zero-order chi connectivity index (χ0) is 11.7. The van der Waals surface area contributed by atoms with Gasteiger partial charge in [0.2, 0.25) is 0 Å². The Kier molecular flexibility index (Phi) is 2.99. The molecule has 2 saturated heterocycles. The quantitative estimate of drug-likeness (QED) is 0.804. The van der Waals surface area contributed by atoms with Gasteiger partial charge >= 0.3 is 0 Å². The van der Waals surface area contributed by atoms with Gasteiger partial charge < -0.3 is 10.2 Å². The number of hydrogen-bond acceptors (Lipinski definition) is 4. The number of piperazine rings is 1. The van der Waals surface area contributed by atoms with Crippen molar-refractivity contribution in [2.75, 3.05) is 44.2 Å². The molecule has 92 valence electrons. The van der Waals surface area contributed by atoms with E-state index in [-0.39, 0.29) is 0 Å². The van der Waals surface area contributed by atoms with Gasteiger partial charge in [-0.25, -0.2) is 4.98 Å². The van der Waals surface area contributed by atoms with Gasteiger partial charge in [-0.05, 0) is 19.1 Å². The fraction of sp³-hybridized carbons (Fsp3) is 0.615. The van der Waals surface area contributed by atoms with E-state index in [1.807, 2.05) is 0 Å². The van der Waals surface area contributed by atoms with Crippen molar-refractivity contribution in [2.24, 2.45) is 0 Å². The highest BCUT2D eigenvalue weighted by atomic mass is 15.3. The molecule has 0 radical (unpaired) electrons. The fourth-order valence-corrected chi connectivity index (χ4v) is 2.55. The molecule has 2 fully saturated rings. The average Bonchev–Trinajstić information content (AvgIpc) is 2.28. The Morgan fingerprint density at radius 2 is 1.94 bits per heavy atom. The molecule has 0 aliphatic carbocycles. The van der Waals surface area contributed by atoms with Crippen LogP contribution in [0.15, 0.2) is 18.2 Å². The van der Waals surface area contributed by atoms with Gasteiger partial charge in [0.25, 0.3) is 0 Å². The van der Waals surface area contributed by atoms with E-state index in [9.17, 15) is 0 Å². The fourth-order valence-electron chi connectivity index (χ4n) is 2.55. The van der Waals surface area contributed by atoms with Crippen LogP contribution in [0.4, 0.5) is 5.82 Å². The first-order valence-corrected chi connectivity index (χ1v) is 6.46. The molecule has 0 aromatic carbocycles. The minimum absolute atomic E-state index is 0.780. The number of nitrogens with zero attached hydrogens (tertiary/aromatic N) is 3. The number of aromatic nitrogens is 1. The van der Waals surface area contributed by atoms with Crippen LogP contribution in [0, 0.1) is 6.92 Å². The van der Waals surface area contributed by atoms with Crippen molar-refractivity contribution in [3.8, 4) is 0 Å². The molecule has 1 aromatic rings. The third-order valence-corrected chi connectivity index (χ3v) is 3.79. The summed E-state index contributed by atoms with van der Waals surface area (Å²) in [5, 5.41) is 3.34. The topological polar surface area (TPSA) is 31.4 Å². The van der Waals surface area contributed by atoms with Crippen molar-refractivity contribution in [2.45, 2.75) is 13.0 Å². The molecule has 2 aliphatic rings. The molecule has 0 spiro atoms. The molecular weight excluding hydrogens is 212 g/mol. The van der Waals surface area contributed by atoms with Crippen molar-refractivity contribution < 1.29 is 0 Å². The smallest absolute Gasteiger partial charge is 0.128 e. The van der Waals surface area contributed by atoms with Crippen molar-refractivity contribution >= 4 is 5.82 Å². The molecule has 2 aliphatic heterocycles. The van der Waals surface area contributed by atoms with Gasteiger partial charge in [0.1, 0.15) is 5.82 Å². The summed E-state index contributed by atoms with van der Waals surface area (Å²) in [7, 11) is 0. The number of aryl methyl sites for hydroxylation is 1.